The first kappa shape index (κ1) is 9.99. The second-order valence-electron chi connectivity index (χ2n) is 2.98. The van der Waals surface area contributed by atoms with Gasteiger partial charge in [-0.1, -0.05) is 5.57 Å². The molecule has 0 aliphatic heterocycles. The Kier molecular flexibility index (Phi) is 3.02. The number of nitrogens with one attached hydrogen (secondary N) is 2. The lowest BCUT2D eigenvalue weighted by Crippen LogP contribution is -2.09. The van der Waals surface area contributed by atoms with Crippen molar-refractivity contribution >= 4 is 11.7 Å². The fourth-order valence-corrected chi connectivity index (χ4v) is 0.888. The van der Waals surface area contributed by atoms with E-state index in [2.05, 4.69) is 15.5 Å². The molecule has 0 aromatic carbocycles. The van der Waals surface area contributed by atoms with Gasteiger partial charge in [0.1, 0.15) is 17.5 Å². The molecule has 0 saturated heterocycles. The van der Waals surface area contributed by atoms with E-state index in [9.17, 15) is 4.79 Å². The molecule has 1 aromatic heterocycles. The highest BCUT2D eigenvalue weighted by molar-refractivity contribution is 5.99. The van der Waals surface area contributed by atoms with Crippen LogP contribution < -0.4 is 5.32 Å². The van der Waals surface area contributed by atoms with Gasteiger partial charge in [-0.2, -0.15) is 10.4 Å². The van der Waals surface area contributed by atoms with Crippen molar-refractivity contribution in [3.05, 3.63) is 23.4 Å². The fraction of sp³-hybridized carbons (Fsp3) is 0.222. The highest BCUT2D eigenvalue weighted by atomic mass is 16.1. The Morgan fingerprint density at radius 1 is 1.71 bits per heavy atom. The summed E-state index contributed by atoms with van der Waals surface area (Å²) in [7, 11) is 0. The lowest BCUT2D eigenvalue weighted by molar-refractivity contribution is -0.112. The number of hydrogen-bond donors (Lipinski definition) is 2. The maximum atomic E-state index is 11.2. The molecule has 0 radical (unpaired) electrons. The number of aromatic amines is 1. The van der Waals surface area contributed by atoms with Crippen LogP contribution in [0.5, 0.6) is 0 Å². The molecule has 1 heterocycles. The van der Waals surface area contributed by atoms with Gasteiger partial charge in [0.2, 0.25) is 5.91 Å². The molecule has 0 saturated carbocycles. The second-order valence-corrected chi connectivity index (χ2v) is 2.98. The SMILES string of the molecule is CC(C)=CC(=O)Nc1[nH]ncc1C#N. The van der Waals surface area contributed by atoms with Crippen LogP contribution in [0.2, 0.25) is 0 Å². The van der Waals surface area contributed by atoms with Gasteiger partial charge in [-0.15, -0.1) is 0 Å². The lowest BCUT2D eigenvalue weighted by atomic mass is 10.3. The summed E-state index contributed by atoms with van der Waals surface area (Å²) < 4.78 is 0. The summed E-state index contributed by atoms with van der Waals surface area (Å²) in [6.45, 7) is 3.63. The number of amides is 1. The van der Waals surface area contributed by atoms with Gasteiger partial charge in [-0.05, 0) is 13.8 Å². The maximum absolute atomic E-state index is 11.2. The van der Waals surface area contributed by atoms with Crippen molar-refractivity contribution in [1.29, 1.82) is 5.26 Å². The molecule has 14 heavy (non-hydrogen) atoms. The van der Waals surface area contributed by atoms with Crippen molar-refractivity contribution in [1.82, 2.24) is 10.2 Å². The number of anilines is 1. The van der Waals surface area contributed by atoms with Gasteiger partial charge in [0, 0.05) is 6.08 Å². The molecule has 1 aromatic rings. The third-order valence-electron chi connectivity index (χ3n) is 1.43. The Hall–Kier alpha value is -2.09. The Bertz CT molecular complexity index is 407. The van der Waals surface area contributed by atoms with Crippen molar-refractivity contribution in [3.63, 3.8) is 0 Å². The Balaban J connectivity index is 2.76. The van der Waals surface area contributed by atoms with Crippen LogP contribution in [0.25, 0.3) is 0 Å². The Morgan fingerprint density at radius 2 is 2.43 bits per heavy atom. The van der Waals surface area contributed by atoms with Crippen LogP contribution in [0.4, 0.5) is 5.82 Å². The molecule has 0 fully saturated rings. The fourth-order valence-electron chi connectivity index (χ4n) is 0.888. The molecule has 2 N–H and O–H groups in total. The molecule has 1 amide bonds. The zero-order valence-corrected chi connectivity index (χ0v) is 7.96. The van der Waals surface area contributed by atoms with Crippen LogP contribution in [-0.4, -0.2) is 16.1 Å². The van der Waals surface area contributed by atoms with Crippen LogP contribution in [0, 0.1) is 11.3 Å². The number of H-pyrrole nitrogens is 1. The third kappa shape index (κ3) is 2.45. The van der Waals surface area contributed by atoms with Crippen LogP contribution in [0.15, 0.2) is 17.8 Å². The third-order valence-corrected chi connectivity index (χ3v) is 1.43. The number of carbonyl (C=O) groups excluding carboxylic acids is 1. The van der Waals surface area contributed by atoms with Gasteiger partial charge in [0.05, 0.1) is 6.20 Å². The number of allylic oxidation sites excluding steroid dienone is 1. The van der Waals surface area contributed by atoms with Gasteiger partial charge in [-0.25, -0.2) is 0 Å². The van der Waals surface area contributed by atoms with Crippen LogP contribution in [0.1, 0.15) is 19.4 Å². The molecule has 0 bridgehead atoms. The number of rotatable bonds is 2. The first-order chi connectivity index (χ1) is 6.63. The minimum absolute atomic E-state index is 0.272. The molecular formula is C9H10N4O. The predicted octanol–water partition coefficient (Wildman–Crippen LogP) is 1.19. The van der Waals surface area contributed by atoms with Crippen LogP contribution in [0.3, 0.4) is 0 Å². The summed E-state index contributed by atoms with van der Waals surface area (Å²) in [6, 6.07) is 1.91. The normalized spacial score (nSPS) is 8.93. The van der Waals surface area contributed by atoms with E-state index in [-0.39, 0.29) is 5.91 Å². The van der Waals surface area contributed by atoms with E-state index in [1.54, 1.807) is 0 Å². The number of hydrogen-bond acceptors (Lipinski definition) is 3. The molecule has 0 aliphatic rings. The maximum Gasteiger partial charge on any atom is 0.249 e. The lowest BCUT2D eigenvalue weighted by Gasteiger charge is -1.98. The quantitative estimate of drug-likeness (QED) is 0.687. The molecule has 5 heteroatoms. The largest absolute Gasteiger partial charge is 0.306 e. The Labute approximate surface area is 81.4 Å². The molecule has 72 valence electrons. The van der Waals surface area contributed by atoms with E-state index >= 15 is 0 Å². The molecule has 0 unspecified atom stereocenters. The monoisotopic (exact) mass is 190 g/mol. The number of nitrogens with zero attached hydrogens (tertiary/aromatic N) is 2. The summed E-state index contributed by atoms with van der Waals surface area (Å²) in [5.41, 5.74) is 1.21. The van der Waals surface area contributed by atoms with Crippen molar-refractivity contribution in [2.75, 3.05) is 5.32 Å². The molecule has 1 rings (SSSR count). The average Bonchev–Trinajstić information content (AvgIpc) is 2.50. The van der Waals surface area contributed by atoms with Crippen LogP contribution >= 0.6 is 0 Å². The van der Waals surface area contributed by atoms with Crippen molar-refractivity contribution in [2.24, 2.45) is 0 Å². The number of aromatic nitrogens is 2. The first-order valence-electron chi connectivity index (χ1n) is 4.03. The van der Waals surface area contributed by atoms with Gasteiger partial charge >= 0.3 is 0 Å². The van der Waals surface area contributed by atoms with E-state index in [0.29, 0.717) is 11.4 Å². The second kappa shape index (κ2) is 4.23. The highest BCUT2D eigenvalue weighted by Gasteiger charge is 2.05. The van der Waals surface area contributed by atoms with Gasteiger partial charge in [0.15, 0.2) is 0 Å². The zero-order valence-electron chi connectivity index (χ0n) is 7.96. The minimum Gasteiger partial charge on any atom is -0.306 e. The number of carbonyl (C=O) groups is 1. The summed E-state index contributed by atoms with van der Waals surface area (Å²) in [5.74, 6) is 0.0563. The van der Waals surface area contributed by atoms with Gasteiger partial charge in [0.25, 0.3) is 0 Å². The summed E-state index contributed by atoms with van der Waals surface area (Å²) in [5, 5.41) is 17.3. The first-order valence-corrected chi connectivity index (χ1v) is 4.03. The summed E-state index contributed by atoms with van der Waals surface area (Å²) in [6.07, 6.45) is 2.81. The van der Waals surface area contributed by atoms with E-state index in [0.717, 1.165) is 5.57 Å². The van der Waals surface area contributed by atoms with Crippen molar-refractivity contribution < 1.29 is 4.79 Å². The van der Waals surface area contributed by atoms with E-state index in [1.165, 1.54) is 12.3 Å². The standard InChI is InChI=1S/C9H10N4O/c1-6(2)3-8(14)12-9-7(4-10)5-11-13-9/h3,5H,1-2H3,(H2,11,12,13,14). The summed E-state index contributed by atoms with van der Waals surface area (Å²) >= 11 is 0. The van der Waals surface area contributed by atoms with E-state index in [1.807, 2.05) is 19.9 Å². The molecular weight excluding hydrogens is 180 g/mol. The van der Waals surface area contributed by atoms with E-state index < -0.39 is 0 Å². The summed E-state index contributed by atoms with van der Waals surface area (Å²) in [4.78, 5) is 11.2. The zero-order chi connectivity index (χ0) is 10.6. The highest BCUT2D eigenvalue weighted by Crippen LogP contribution is 2.08. The van der Waals surface area contributed by atoms with Gasteiger partial charge < -0.3 is 5.32 Å². The smallest absolute Gasteiger partial charge is 0.249 e. The minimum atomic E-state index is -0.272. The Morgan fingerprint density at radius 3 is 3.00 bits per heavy atom. The molecule has 0 atom stereocenters. The van der Waals surface area contributed by atoms with Crippen molar-refractivity contribution in [2.45, 2.75) is 13.8 Å². The van der Waals surface area contributed by atoms with Gasteiger partial charge in [-0.3, -0.25) is 9.89 Å². The molecule has 0 spiro atoms. The van der Waals surface area contributed by atoms with E-state index in [4.69, 9.17) is 5.26 Å². The average molecular weight is 190 g/mol. The predicted molar refractivity (Wildman–Crippen MR) is 51.4 cm³/mol. The van der Waals surface area contributed by atoms with Crippen LogP contribution in [-0.2, 0) is 4.79 Å². The molecule has 0 aliphatic carbocycles. The molecule has 5 nitrogen and oxygen atoms in total. The van der Waals surface area contributed by atoms with Crippen molar-refractivity contribution in [3.8, 4) is 6.07 Å². The topological polar surface area (TPSA) is 81.6 Å². The number of nitriles is 1.